The summed E-state index contributed by atoms with van der Waals surface area (Å²) in [6.07, 6.45) is 4.12. The molecule has 22 heavy (non-hydrogen) atoms. The van der Waals surface area contributed by atoms with Crippen molar-refractivity contribution in [1.82, 2.24) is 25.0 Å². The first-order chi connectivity index (χ1) is 10.2. The molecule has 2 heterocycles. The number of aliphatic imine (C=N–C) groups is 1. The normalized spacial score (nSPS) is 16.5. The zero-order valence-electron chi connectivity index (χ0n) is 13.4. The van der Waals surface area contributed by atoms with Gasteiger partial charge in [-0.1, -0.05) is 6.92 Å². The average molecular weight is 422 g/mol. The number of aliphatic hydroxyl groups excluding tert-OH is 1. The zero-order valence-corrected chi connectivity index (χ0v) is 15.7. The van der Waals surface area contributed by atoms with Crippen LogP contribution in [0, 0.1) is 0 Å². The SMILES string of the molecule is CCNC(=NCCn1cnnc1CC)N1CCC(O)CC1.I. The van der Waals surface area contributed by atoms with Gasteiger partial charge in [0.2, 0.25) is 0 Å². The van der Waals surface area contributed by atoms with Gasteiger partial charge in [-0.25, -0.2) is 0 Å². The second-order valence-corrected chi connectivity index (χ2v) is 5.25. The number of aromatic nitrogens is 3. The Labute approximate surface area is 149 Å². The molecular formula is C14H27IN6O. The standard InChI is InChI=1S/C14H26N6O.HI/c1-3-13-18-17-11-20(13)10-7-16-14(15-4-2)19-8-5-12(21)6-9-19;/h11-12,21H,3-10H2,1-2H3,(H,15,16);1H. The highest BCUT2D eigenvalue weighted by Crippen LogP contribution is 2.10. The summed E-state index contributed by atoms with van der Waals surface area (Å²) >= 11 is 0. The van der Waals surface area contributed by atoms with E-state index in [1.807, 2.05) is 4.57 Å². The average Bonchev–Trinajstić information content (AvgIpc) is 2.95. The van der Waals surface area contributed by atoms with Gasteiger partial charge in [0, 0.05) is 32.6 Å². The van der Waals surface area contributed by atoms with Crippen LogP contribution < -0.4 is 5.32 Å². The number of aryl methyl sites for hydroxylation is 1. The molecule has 2 rings (SSSR count). The molecule has 1 aliphatic heterocycles. The van der Waals surface area contributed by atoms with Gasteiger partial charge in [0.1, 0.15) is 12.2 Å². The lowest BCUT2D eigenvalue weighted by Crippen LogP contribution is -2.46. The first kappa shape index (κ1) is 19.1. The maximum absolute atomic E-state index is 9.59. The first-order valence-corrected chi connectivity index (χ1v) is 7.82. The highest BCUT2D eigenvalue weighted by molar-refractivity contribution is 14.0. The first-order valence-electron chi connectivity index (χ1n) is 7.82. The van der Waals surface area contributed by atoms with Gasteiger partial charge in [-0.3, -0.25) is 4.99 Å². The quantitative estimate of drug-likeness (QED) is 0.419. The number of nitrogens with one attached hydrogen (secondary N) is 1. The zero-order chi connectivity index (χ0) is 15.1. The van der Waals surface area contributed by atoms with Gasteiger partial charge in [-0.05, 0) is 19.8 Å². The van der Waals surface area contributed by atoms with Crippen LogP contribution in [0.1, 0.15) is 32.5 Å². The van der Waals surface area contributed by atoms with Gasteiger partial charge in [-0.15, -0.1) is 34.2 Å². The Morgan fingerprint density at radius 1 is 1.41 bits per heavy atom. The molecular weight excluding hydrogens is 395 g/mol. The lowest BCUT2D eigenvalue weighted by molar-refractivity contribution is 0.108. The second kappa shape index (κ2) is 9.98. The molecule has 0 aromatic carbocycles. The van der Waals surface area contributed by atoms with Crippen molar-refractivity contribution in [1.29, 1.82) is 0 Å². The number of hydrogen-bond acceptors (Lipinski definition) is 4. The highest BCUT2D eigenvalue weighted by atomic mass is 127. The summed E-state index contributed by atoms with van der Waals surface area (Å²) in [4.78, 5) is 6.91. The largest absolute Gasteiger partial charge is 0.393 e. The van der Waals surface area contributed by atoms with Gasteiger partial charge in [0.05, 0.1) is 12.6 Å². The summed E-state index contributed by atoms with van der Waals surface area (Å²) in [5.74, 6) is 1.94. The molecule has 1 saturated heterocycles. The van der Waals surface area contributed by atoms with E-state index in [9.17, 15) is 5.11 Å². The Morgan fingerprint density at radius 3 is 2.77 bits per heavy atom. The van der Waals surface area contributed by atoms with Gasteiger partial charge >= 0.3 is 0 Å². The summed E-state index contributed by atoms with van der Waals surface area (Å²) < 4.78 is 2.05. The van der Waals surface area contributed by atoms with Gasteiger partial charge in [-0.2, -0.15) is 0 Å². The predicted octanol–water partition coefficient (Wildman–Crippen LogP) is 0.881. The molecule has 8 heteroatoms. The number of rotatable bonds is 5. The monoisotopic (exact) mass is 422 g/mol. The van der Waals surface area contributed by atoms with Crippen molar-refractivity contribution in [3.8, 4) is 0 Å². The van der Waals surface area contributed by atoms with Gasteiger partial charge < -0.3 is 19.9 Å². The van der Waals surface area contributed by atoms with E-state index in [2.05, 4.69) is 39.3 Å². The van der Waals surface area contributed by atoms with Crippen molar-refractivity contribution in [2.24, 2.45) is 4.99 Å². The third-order valence-electron chi connectivity index (χ3n) is 3.71. The Bertz CT molecular complexity index is 456. The molecule has 0 unspecified atom stereocenters. The number of nitrogens with zero attached hydrogens (tertiary/aromatic N) is 5. The highest BCUT2D eigenvalue weighted by Gasteiger charge is 2.19. The molecule has 0 spiro atoms. The third kappa shape index (κ3) is 5.38. The number of aliphatic hydroxyl groups is 1. The molecule has 1 aliphatic rings. The molecule has 1 aromatic rings. The molecule has 1 fully saturated rings. The summed E-state index contributed by atoms with van der Waals surface area (Å²) in [6.45, 7) is 8.22. The molecule has 7 nitrogen and oxygen atoms in total. The smallest absolute Gasteiger partial charge is 0.193 e. The number of likely N-dealkylation sites (tertiary alicyclic amines) is 1. The summed E-state index contributed by atoms with van der Waals surface area (Å²) in [5.41, 5.74) is 0. The van der Waals surface area contributed by atoms with E-state index in [4.69, 9.17) is 0 Å². The minimum Gasteiger partial charge on any atom is -0.393 e. The van der Waals surface area contributed by atoms with E-state index in [0.717, 1.165) is 57.2 Å². The minimum absolute atomic E-state index is 0. The van der Waals surface area contributed by atoms with Crippen LogP contribution in [0.2, 0.25) is 0 Å². The van der Waals surface area contributed by atoms with Crippen LogP contribution in [0.5, 0.6) is 0 Å². The van der Waals surface area contributed by atoms with Crippen LogP contribution in [0.4, 0.5) is 0 Å². The molecule has 0 aliphatic carbocycles. The fourth-order valence-electron chi connectivity index (χ4n) is 2.51. The Hall–Kier alpha value is -0.900. The van der Waals surface area contributed by atoms with E-state index in [1.165, 1.54) is 0 Å². The molecule has 1 aromatic heterocycles. The van der Waals surface area contributed by atoms with E-state index < -0.39 is 0 Å². The van der Waals surface area contributed by atoms with Gasteiger partial charge in [0.15, 0.2) is 5.96 Å². The van der Waals surface area contributed by atoms with Crippen molar-refractivity contribution >= 4 is 29.9 Å². The Morgan fingerprint density at radius 2 is 2.14 bits per heavy atom. The van der Waals surface area contributed by atoms with Crippen molar-refractivity contribution < 1.29 is 5.11 Å². The van der Waals surface area contributed by atoms with Gasteiger partial charge in [0.25, 0.3) is 0 Å². The predicted molar refractivity (Wildman–Crippen MR) is 97.6 cm³/mol. The number of hydrogen-bond donors (Lipinski definition) is 2. The molecule has 0 atom stereocenters. The molecule has 0 radical (unpaired) electrons. The maximum Gasteiger partial charge on any atom is 0.193 e. The van der Waals surface area contributed by atoms with Crippen LogP contribution in [0.25, 0.3) is 0 Å². The molecule has 2 N–H and O–H groups in total. The number of halogens is 1. The number of piperidine rings is 1. The summed E-state index contributed by atoms with van der Waals surface area (Å²) in [7, 11) is 0. The third-order valence-corrected chi connectivity index (χ3v) is 3.71. The fourth-order valence-corrected chi connectivity index (χ4v) is 2.51. The molecule has 0 amide bonds. The summed E-state index contributed by atoms with van der Waals surface area (Å²) in [6, 6.07) is 0. The molecule has 126 valence electrons. The number of guanidine groups is 1. The van der Waals surface area contributed by atoms with E-state index in [-0.39, 0.29) is 30.1 Å². The van der Waals surface area contributed by atoms with Crippen LogP contribution in [-0.4, -0.2) is 63.0 Å². The Balaban J connectivity index is 0.00000242. The Kier molecular flexibility index (Phi) is 8.69. The topological polar surface area (TPSA) is 78.6 Å². The van der Waals surface area contributed by atoms with Crippen LogP contribution >= 0.6 is 24.0 Å². The molecule has 0 bridgehead atoms. The van der Waals surface area contributed by atoms with Crippen molar-refractivity contribution in [3.63, 3.8) is 0 Å². The van der Waals surface area contributed by atoms with E-state index in [1.54, 1.807) is 6.33 Å². The van der Waals surface area contributed by atoms with E-state index >= 15 is 0 Å². The summed E-state index contributed by atoms with van der Waals surface area (Å²) in [5, 5.41) is 20.9. The lowest BCUT2D eigenvalue weighted by Gasteiger charge is -2.32. The second-order valence-electron chi connectivity index (χ2n) is 5.25. The van der Waals surface area contributed by atoms with Crippen LogP contribution in [-0.2, 0) is 13.0 Å². The fraction of sp³-hybridized carbons (Fsp3) is 0.786. The van der Waals surface area contributed by atoms with Crippen LogP contribution in [0.15, 0.2) is 11.3 Å². The van der Waals surface area contributed by atoms with E-state index in [0.29, 0.717) is 6.54 Å². The lowest BCUT2D eigenvalue weighted by atomic mass is 10.1. The van der Waals surface area contributed by atoms with Crippen LogP contribution in [0.3, 0.4) is 0 Å². The minimum atomic E-state index is -0.159. The van der Waals surface area contributed by atoms with Crippen molar-refractivity contribution in [2.75, 3.05) is 26.2 Å². The van der Waals surface area contributed by atoms with Crippen molar-refractivity contribution in [2.45, 2.75) is 45.8 Å². The maximum atomic E-state index is 9.59. The van der Waals surface area contributed by atoms with Crippen molar-refractivity contribution in [3.05, 3.63) is 12.2 Å². The molecule has 0 saturated carbocycles.